The van der Waals surface area contributed by atoms with Crippen molar-refractivity contribution in [3.8, 4) is 0 Å². The Kier molecular flexibility index (Phi) is 3.89. The fourth-order valence-corrected chi connectivity index (χ4v) is 2.45. The van der Waals surface area contributed by atoms with Crippen molar-refractivity contribution in [2.45, 2.75) is 13.5 Å². The molecule has 5 heteroatoms. The number of anilines is 1. The molecule has 0 amide bonds. The number of halogens is 1. The van der Waals surface area contributed by atoms with Gasteiger partial charge in [-0.05, 0) is 36.8 Å². The van der Waals surface area contributed by atoms with E-state index in [9.17, 15) is 4.79 Å². The predicted octanol–water partition coefficient (Wildman–Crippen LogP) is 4.02. The first-order valence-corrected chi connectivity index (χ1v) is 6.58. The highest BCUT2D eigenvalue weighted by molar-refractivity contribution is 7.13. The van der Waals surface area contributed by atoms with Crippen molar-refractivity contribution < 1.29 is 9.90 Å². The molecule has 2 rings (SSSR count). The molecular formula is C13H12ClNO2S. The highest BCUT2D eigenvalue weighted by atomic mass is 35.5. The molecule has 0 aliphatic carbocycles. The van der Waals surface area contributed by atoms with Crippen LogP contribution in [0, 0.1) is 6.92 Å². The van der Waals surface area contributed by atoms with Gasteiger partial charge in [0, 0.05) is 22.1 Å². The number of hydrogen-bond acceptors (Lipinski definition) is 3. The summed E-state index contributed by atoms with van der Waals surface area (Å²) < 4.78 is 0. The Hall–Kier alpha value is -1.52. The van der Waals surface area contributed by atoms with Crippen LogP contribution in [0.25, 0.3) is 0 Å². The van der Waals surface area contributed by atoms with Crippen molar-refractivity contribution >= 4 is 34.6 Å². The lowest BCUT2D eigenvalue weighted by atomic mass is 10.2. The normalized spacial score (nSPS) is 10.3. The highest BCUT2D eigenvalue weighted by Crippen LogP contribution is 2.22. The average Bonchev–Trinajstić information content (AvgIpc) is 2.79. The van der Waals surface area contributed by atoms with Crippen molar-refractivity contribution in [2.75, 3.05) is 5.32 Å². The lowest BCUT2D eigenvalue weighted by Gasteiger charge is -2.06. The van der Waals surface area contributed by atoms with E-state index >= 15 is 0 Å². The van der Waals surface area contributed by atoms with Crippen LogP contribution in [0.4, 0.5) is 5.69 Å². The smallest absolute Gasteiger partial charge is 0.345 e. The van der Waals surface area contributed by atoms with Gasteiger partial charge in [-0.1, -0.05) is 17.7 Å². The molecule has 0 unspecified atom stereocenters. The fraction of sp³-hybridized carbons (Fsp3) is 0.154. The number of carboxylic acid groups (broad SMARTS) is 1. The van der Waals surface area contributed by atoms with E-state index in [1.54, 1.807) is 6.07 Å². The molecule has 1 heterocycles. The van der Waals surface area contributed by atoms with Crippen molar-refractivity contribution in [3.63, 3.8) is 0 Å². The van der Waals surface area contributed by atoms with E-state index in [2.05, 4.69) is 5.32 Å². The maximum atomic E-state index is 10.7. The minimum atomic E-state index is -0.885. The number of nitrogens with one attached hydrogen (secondary N) is 1. The number of benzene rings is 1. The van der Waals surface area contributed by atoms with Crippen LogP contribution >= 0.6 is 22.9 Å². The Labute approximate surface area is 114 Å². The van der Waals surface area contributed by atoms with Crippen molar-refractivity contribution in [1.82, 2.24) is 0 Å². The standard InChI is InChI=1S/C13H12ClNO2S/c1-8-2-3-9(6-11(8)14)15-7-10-4-5-12(18-10)13(16)17/h2-6,15H,7H2,1H3,(H,16,17). The zero-order valence-corrected chi connectivity index (χ0v) is 11.3. The second-order valence-corrected chi connectivity index (χ2v) is 5.46. The van der Waals surface area contributed by atoms with Crippen molar-refractivity contribution in [1.29, 1.82) is 0 Å². The third kappa shape index (κ3) is 3.03. The second kappa shape index (κ2) is 5.42. The maximum Gasteiger partial charge on any atom is 0.345 e. The first kappa shape index (κ1) is 12.9. The van der Waals surface area contributed by atoms with Crippen molar-refractivity contribution in [2.24, 2.45) is 0 Å². The Balaban J connectivity index is 2.02. The summed E-state index contributed by atoms with van der Waals surface area (Å²) in [5.41, 5.74) is 1.96. The first-order chi connectivity index (χ1) is 8.56. The molecule has 0 radical (unpaired) electrons. The molecule has 0 spiro atoms. The maximum absolute atomic E-state index is 10.7. The second-order valence-electron chi connectivity index (χ2n) is 3.89. The van der Waals surface area contributed by atoms with Gasteiger partial charge >= 0.3 is 5.97 Å². The summed E-state index contributed by atoms with van der Waals surface area (Å²) >= 11 is 7.30. The molecule has 2 aromatic rings. The fourth-order valence-electron chi connectivity index (χ4n) is 1.48. The van der Waals surface area contributed by atoms with Gasteiger partial charge in [-0.3, -0.25) is 0 Å². The van der Waals surface area contributed by atoms with Gasteiger partial charge in [0.25, 0.3) is 0 Å². The third-order valence-electron chi connectivity index (χ3n) is 2.51. The largest absolute Gasteiger partial charge is 0.477 e. The number of carbonyl (C=O) groups is 1. The number of carboxylic acids is 1. The van der Waals surface area contributed by atoms with E-state index in [1.165, 1.54) is 11.3 Å². The van der Waals surface area contributed by atoms with E-state index < -0.39 is 5.97 Å². The van der Waals surface area contributed by atoms with Gasteiger partial charge in [0.05, 0.1) is 0 Å². The molecule has 0 atom stereocenters. The summed E-state index contributed by atoms with van der Waals surface area (Å²) in [5.74, 6) is -0.885. The summed E-state index contributed by atoms with van der Waals surface area (Å²) in [5, 5.41) is 12.8. The van der Waals surface area contributed by atoms with Gasteiger partial charge < -0.3 is 10.4 Å². The number of aryl methyl sites for hydroxylation is 1. The number of hydrogen-bond donors (Lipinski definition) is 2. The highest BCUT2D eigenvalue weighted by Gasteiger charge is 2.06. The molecule has 1 aromatic heterocycles. The van der Waals surface area contributed by atoms with Crippen LogP contribution in [0.5, 0.6) is 0 Å². The molecule has 0 bridgehead atoms. The Morgan fingerprint density at radius 2 is 2.17 bits per heavy atom. The van der Waals surface area contributed by atoms with Gasteiger partial charge in [-0.15, -0.1) is 11.3 Å². The summed E-state index contributed by atoms with van der Waals surface area (Å²) in [6.45, 7) is 2.54. The van der Waals surface area contributed by atoms with E-state index in [4.69, 9.17) is 16.7 Å². The summed E-state index contributed by atoms with van der Waals surface area (Å²) in [7, 11) is 0. The molecule has 18 heavy (non-hydrogen) atoms. The zero-order chi connectivity index (χ0) is 13.1. The molecule has 3 nitrogen and oxygen atoms in total. The van der Waals surface area contributed by atoms with Crippen LogP contribution in [0.2, 0.25) is 5.02 Å². The third-order valence-corrected chi connectivity index (χ3v) is 3.99. The number of aromatic carboxylic acids is 1. The number of thiophene rings is 1. The SMILES string of the molecule is Cc1ccc(NCc2ccc(C(=O)O)s2)cc1Cl. The topological polar surface area (TPSA) is 49.3 Å². The summed E-state index contributed by atoms with van der Waals surface area (Å²) in [6.07, 6.45) is 0. The van der Waals surface area contributed by atoms with Crippen LogP contribution < -0.4 is 5.32 Å². The molecule has 0 aliphatic rings. The Morgan fingerprint density at radius 1 is 1.39 bits per heavy atom. The molecule has 0 aliphatic heterocycles. The molecule has 0 fully saturated rings. The minimum absolute atomic E-state index is 0.355. The number of rotatable bonds is 4. The van der Waals surface area contributed by atoms with Gasteiger partial charge in [0.15, 0.2) is 0 Å². The van der Waals surface area contributed by atoms with Crippen LogP contribution in [0.1, 0.15) is 20.1 Å². The summed E-state index contributed by atoms with van der Waals surface area (Å²) in [4.78, 5) is 12.1. The Bertz CT molecular complexity index is 580. The van der Waals surface area contributed by atoms with E-state index in [1.807, 2.05) is 31.2 Å². The zero-order valence-electron chi connectivity index (χ0n) is 9.74. The monoisotopic (exact) mass is 281 g/mol. The lowest BCUT2D eigenvalue weighted by Crippen LogP contribution is -1.97. The van der Waals surface area contributed by atoms with Crippen LogP contribution in [-0.4, -0.2) is 11.1 Å². The minimum Gasteiger partial charge on any atom is -0.477 e. The van der Waals surface area contributed by atoms with Crippen LogP contribution in [0.3, 0.4) is 0 Å². The predicted molar refractivity (Wildman–Crippen MR) is 74.8 cm³/mol. The van der Waals surface area contributed by atoms with Crippen LogP contribution in [-0.2, 0) is 6.54 Å². The Morgan fingerprint density at radius 3 is 2.78 bits per heavy atom. The van der Waals surface area contributed by atoms with Gasteiger partial charge in [-0.25, -0.2) is 4.79 Å². The molecule has 0 saturated heterocycles. The van der Waals surface area contributed by atoms with Crippen molar-refractivity contribution in [3.05, 3.63) is 50.7 Å². The molecule has 94 valence electrons. The van der Waals surface area contributed by atoms with E-state index in [0.717, 1.165) is 21.2 Å². The lowest BCUT2D eigenvalue weighted by molar-refractivity contribution is 0.0702. The van der Waals surface area contributed by atoms with Gasteiger partial charge in [0.2, 0.25) is 0 Å². The van der Waals surface area contributed by atoms with E-state index in [-0.39, 0.29) is 0 Å². The van der Waals surface area contributed by atoms with Crippen LogP contribution in [0.15, 0.2) is 30.3 Å². The van der Waals surface area contributed by atoms with Gasteiger partial charge in [-0.2, -0.15) is 0 Å². The molecule has 1 aromatic carbocycles. The molecular weight excluding hydrogens is 270 g/mol. The van der Waals surface area contributed by atoms with Gasteiger partial charge in [0.1, 0.15) is 4.88 Å². The molecule has 2 N–H and O–H groups in total. The molecule has 0 saturated carbocycles. The quantitative estimate of drug-likeness (QED) is 0.890. The average molecular weight is 282 g/mol. The van der Waals surface area contributed by atoms with E-state index in [0.29, 0.717) is 11.4 Å². The first-order valence-electron chi connectivity index (χ1n) is 5.38. The summed E-state index contributed by atoms with van der Waals surface area (Å²) in [6, 6.07) is 9.19.